The standard InChI is InChI=1S/C11H13BrN2O4/c1-13-9(11(16)17)10(15)14-7-5-6(12)3-4-8(7)18-2/h3-5,9,13H,1-2H3,(H,14,15)(H,16,17). The fourth-order valence-electron chi connectivity index (χ4n) is 1.35. The van der Waals surface area contributed by atoms with E-state index in [-0.39, 0.29) is 0 Å². The molecule has 1 unspecified atom stereocenters. The Kier molecular flexibility index (Phi) is 5.11. The van der Waals surface area contributed by atoms with Gasteiger partial charge in [-0.05, 0) is 25.2 Å². The van der Waals surface area contributed by atoms with Crippen molar-refractivity contribution >= 4 is 33.5 Å². The van der Waals surface area contributed by atoms with E-state index in [1.54, 1.807) is 18.2 Å². The van der Waals surface area contributed by atoms with Crippen LogP contribution in [0.2, 0.25) is 0 Å². The monoisotopic (exact) mass is 316 g/mol. The van der Waals surface area contributed by atoms with Gasteiger partial charge in [0, 0.05) is 4.47 Å². The van der Waals surface area contributed by atoms with Crippen molar-refractivity contribution in [2.24, 2.45) is 0 Å². The smallest absolute Gasteiger partial charge is 0.330 e. The molecule has 0 radical (unpaired) electrons. The van der Waals surface area contributed by atoms with Gasteiger partial charge in [-0.1, -0.05) is 15.9 Å². The van der Waals surface area contributed by atoms with Gasteiger partial charge < -0.3 is 15.2 Å². The van der Waals surface area contributed by atoms with Gasteiger partial charge in [-0.2, -0.15) is 0 Å². The molecule has 1 atom stereocenters. The zero-order chi connectivity index (χ0) is 13.7. The first-order chi connectivity index (χ1) is 8.49. The van der Waals surface area contributed by atoms with E-state index in [1.165, 1.54) is 14.2 Å². The molecule has 0 aliphatic rings. The zero-order valence-corrected chi connectivity index (χ0v) is 11.4. The highest BCUT2D eigenvalue weighted by Gasteiger charge is 2.24. The Labute approximate surface area is 112 Å². The second-order valence-corrected chi connectivity index (χ2v) is 4.31. The number of aliphatic carboxylic acids is 1. The van der Waals surface area contributed by atoms with Crippen molar-refractivity contribution in [3.05, 3.63) is 22.7 Å². The second kappa shape index (κ2) is 6.36. The summed E-state index contributed by atoms with van der Waals surface area (Å²) < 4.78 is 5.82. The van der Waals surface area contributed by atoms with Crippen molar-refractivity contribution in [2.45, 2.75) is 6.04 Å². The highest BCUT2D eigenvalue weighted by atomic mass is 79.9. The second-order valence-electron chi connectivity index (χ2n) is 3.39. The van der Waals surface area contributed by atoms with E-state index in [0.717, 1.165) is 4.47 Å². The van der Waals surface area contributed by atoms with Gasteiger partial charge in [0.25, 0.3) is 5.91 Å². The molecule has 7 heteroatoms. The first-order valence-corrected chi connectivity index (χ1v) is 5.83. The number of hydrogen-bond acceptors (Lipinski definition) is 4. The number of ether oxygens (including phenoxy) is 1. The molecule has 0 heterocycles. The van der Waals surface area contributed by atoms with Gasteiger partial charge in [-0.25, -0.2) is 4.79 Å². The van der Waals surface area contributed by atoms with E-state index in [4.69, 9.17) is 9.84 Å². The van der Waals surface area contributed by atoms with Gasteiger partial charge in [0.2, 0.25) is 0 Å². The first kappa shape index (κ1) is 14.5. The molecule has 0 saturated heterocycles. The molecule has 0 bridgehead atoms. The van der Waals surface area contributed by atoms with Gasteiger partial charge in [0.1, 0.15) is 5.75 Å². The van der Waals surface area contributed by atoms with E-state index in [0.29, 0.717) is 11.4 Å². The number of hydrogen-bond donors (Lipinski definition) is 3. The number of benzene rings is 1. The fraction of sp³-hybridized carbons (Fsp3) is 0.273. The number of carbonyl (C=O) groups excluding carboxylic acids is 1. The summed E-state index contributed by atoms with van der Waals surface area (Å²) in [7, 11) is 2.86. The number of likely N-dealkylation sites (N-methyl/N-ethyl adjacent to an activating group) is 1. The Bertz CT molecular complexity index is 464. The summed E-state index contributed by atoms with van der Waals surface area (Å²) in [6, 6.07) is 3.73. The quantitative estimate of drug-likeness (QED) is 0.707. The first-order valence-electron chi connectivity index (χ1n) is 5.04. The Morgan fingerprint density at radius 3 is 2.61 bits per heavy atom. The fourth-order valence-corrected chi connectivity index (χ4v) is 1.71. The third-order valence-electron chi connectivity index (χ3n) is 2.22. The minimum atomic E-state index is -1.31. The average molecular weight is 317 g/mol. The summed E-state index contributed by atoms with van der Waals surface area (Å²) in [5, 5.41) is 13.7. The summed E-state index contributed by atoms with van der Waals surface area (Å²) in [5.74, 6) is -1.46. The van der Waals surface area contributed by atoms with E-state index >= 15 is 0 Å². The molecule has 1 aromatic rings. The van der Waals surface area contributed by atoms with Gasteiger partial charge in [0.05, 0.1) is 12.8 Å². The number of amides is 1. The van der Waals surface area contributed by atoms with E-state index in [9.17, 15) is 9.59 Å². The Morgan fingerprint density at radius 1 is 1.44 bits per heavy atom. The molecule has 0 fully saturated rings. The number of methoxy groups -OCH3 is 1. The molecule has 1 rings (SSSR count). The van der Waals surface area contributed by atoms with Crippen LogP contribution in [0.15, 0.2) is 22.7 Å². The van der Waals surface area contributed by atoms with Crippen molar-refractivity contribution in [2.75, 3.05) is 19.5 Å². The lowest BCUT2D eigenvalue weighted by Gasteiger charge is -2.14. The molecule has 18 heavy (non-hydrogen) atoms. The summed E-state index contributed by atoms with van der Waals surface area (Å²) in [6.45, 7) is 0. The Hall–Kier alpha value is -1.60. The number of carbonyl (C=O) groups is 2. The summed E-state index contributed by atoms with van der Waals surface area (Å²) >= 11 is 3.26. The third kappa shape index (κ3) is 3.44. The molecule has 6 nitrogen and oxygen atoms in total. The minimum absolute atomic E-state index is 0.401. The van der Waals surface area contributed by atoms with Gasteiger partial charge in [0.15, 0.2) is 6.04 Å². The Morgan fingerprint density at radius 2 is 2.11 bits per heavy atom. The van der Waals surface area contributed by atoms with Crippen LogP contribution in [0, 0.1) is 0 Å². The van der Waals surface area contributed by atoms with E-state index < -0.39 is 17.9 Å². The summed E-state index contributed by atoms with van der Waals surface area (Å²) in [4.78, 5) is 22.6. The molecular formula is C11H13BrN2O4. The number of anilines is 1. The molecule has 1 aromatic carbocycles. The minimum Gasteiger partial charge on any atom is -0.495 e. The molecule has 0 aromatic heterocycles. The highest BCUT2D eigenvalue weighted by molar-refractivity contribution is 9.10. The van der Waals surface area contributed by atoms with Crippen LogP contribution in [0.1, 0.15) is 0 Å². The SMILES string of the molecule is CNC(C(=O)O)C(=O)Nc1cc(Br)ccc1OC. The average Bonchev–Trinajstić information content (AvgIpc) is 2.29. The maximum atomic E-state index is 11.7. The molecular weight excluding hydrogens is 304 g/mol. The van der Waals surface area contributed by atoms with E-state index in [1.807, 2.05) is 0 Å². The molecule has 98 valence electrons. The largest absolute Gasteiger partial charge is 0.495 e. The molecule has 0 saturated carbocycles. The van der Waals surface area contributed by atoms with Gasteiger partial charge in [-0.15, -0.1) is 0 Å². The highest BCUT2D eigenvalue weighted by Crippen LogP contribution is 2.27. The topological polar surface area (TPSA) is 87.7 Å². The third-order valence-corrected chi connectivity index (χ3v) is 2.71. The maximum Gasteiger partial charge on any atom is 0.330 e. The number of nitrogens with one attached hydrogen (secondary N) is 2. The van der Waals surface area contributed by atoms with Crippen LogP contribution in [0.3, 0.4) is 0 Å². The molecule has 0 aliphatic carbocycles. The van der Waals surface area contributed by atoms with Crippen LogP contribution in [-0.2, 0) is 9.59 Å². The predicted octanol–water partition coefficient (Wildman–Crippen LogP) is 1.07. The number of rotatable bonds is 5. The van der Waals surface area contributed by atoms with Gasteiger partial charge in [-0.3, -0.25) is 10.1 Å². The van der Waals surface area contributed by atoms with Crippen LogP contribution < -0.4 is 15.4 Å². The van der Waals surface area contributed by atoms with Crippen molar-refractivity contribution < 1.29 is 19.4 Å². The molecule has 0 aliphatic heterocycles. The van der Waals surface area contributed by atoms with Crippen LogP contribution in [0.5, 0.6) is 5.75 Å². The lowest BCUT2D eigenvalue weighted by atomic mass is 10.2. The van der Waals surface area contributed by atoms with Crippen molar-refractivity contribution in [3.63, 3.8) is 0 Å². The van der Waals surface area contributed by atoms with Gasteiger partial charge >= 0.3 is 5.97 Å². The summed E-state index contributed by atoms with van der Waals surface area (Å²) in [5.41, 5.74) is 0.401. The Balaban J connectivity index is 2.93. The molecule has 3 N–H and O–H groups in total. The molecule has 1 amide bonds. The van der Waals surface area contributed by atoms with Crippen molar-refractivity contribution in [3.8, 4) is 5.75 Å². The van der Waals surface area contributed by atoms with Crippen LogP contribution in [0.4, 0.5) is 5.69 Å². The normalized spacial score (nSPS) is 11.7. The maximum absolute atomic E-state index is 11.7. The molecule has 0 spiro atoms. The number of halogens is 1. The number of carboxylic acid groups (broad SMARTS) is 1. The lowest BCUT2D eigenvalue weighted by Crippen LogP contribution is -2.44. The van der Waals surface area contributed by atoms with Crippen LogP contribution in [0.25, 0.3) is 0 Å². The number of carboxylic acids is 1. The van der Waals surface area contributed by atoms with Crippen LogP contribution >= 0.6 is 15.9 Å². The van der Waals surface area contributed by atoms with Crippen molar-refractivity contribution in [1.29, 1.82) is 0 Å². The van der Waals surface area contributed by atoms with E-state index in [2.05, 4.69) is 26.6 Å². The predicted molar refractivity (Wildman–Crippen MR) is 69.8 cm³/mol. The lowest BCUT2D eigenvalue weighted by molar-refractivity contribution is -0.142. The van der Waals surface area contributed by atoms with Crippen LogP contribution in [-0.4, -0.2) is 37.2 Å². The van der Waals surface area contributed by atoms with Crippen molar-refractivity contribution in [1.82, 2.24) is 5.32 Å². The zero-order valence-electron chi connectivity index (χ0n) is 9.86. The summed E-state index contributed by atoms with van der Waals surface area (Å²) in [6.07, 6.45) is 0.